The topological polar surface area (TPSA) is 134 Å². The molecule has 0 spiro atoms. The van der Waals surface area contributed by atoms with Crippen LogP contribution in [-0.4, -0.2) is 63.2 Å². The van der Waals surface area contributed by atoms with Crippen molar-refractivity contribution in [2.75, 3.05) is 26.3 Å². The number of hydrogen-bond donors (Lipinski definition) is 1. The van der Waals surface area contributed by atoms with Gasteiger partial charge in [-0.2, -0.15) is 10.0 Å². The molecule has 35 heavy (non-hydrogen) atoms. The quantitative estimate of drug-likeness (QED) is 0.382. The van der Waals surface area contributed by atoms with Crippen LogP contribution in [0.3, 0.4) is 0 Å². The number of hydrogen-bond acceptors (Lipinski definition) is 9. The average Bonchev–Trinajstić information content (AvgIpc) is 3.31. The van der Waals surface area contributed by atoms with Gasteiger partial charge in [0.05, 0.1) is 29.3 Å². The highest BCUT2D eigenvalue weighted by atomic mass is 32.2. The molecular weight excluding hydrogens is 472 g/mol. The van der Waals surface area contributed by atoms with Gasteiger partial charge < -0.3 is 14.4 Å². The number of benzene rings is 2. The van der Waals surface area contributed by atoms with E-state index in [0.717, 1.165) is 0 Å². The number of nitrogens with one attached hydrogen (secondary N) is 1. The number of morpholine rings is 1. The monoisotopic (exact) mass is 492 g/mol. The van der Waals surface area contributed by atoms with Gasteiger partial charge in [0.25, 0.3) is 11.6 Å². The number of nitro benzene ring substituents is 1. The molecule has 1 saturated heterocycles. The van der Waals surface area contributed by atoms with E-state index in [1.165, 1.54) is 22.8 Å². The van der Waals surface area contributed by atoms with Gasteiger partial charge in [0, 0.05) is 19.2 Å². The minimum Gasteiger partial charge on any atom is -0.489 e. The molecule has 178 valence electrons. The van der Waals surface area contributed by atoms with Gasteiger partial charge in [0.15, 0.2) is 11.0 Å². The Labute approximate surface area is 204 Å². The summed E-state index contributed by atoms with van der Waals surface area (Å²) in [6, 6.07) is 13.3. The predicted octanol–water partition coefficient (Wildman–Crippen LogP) is 3.08. The van der Waals surface area contributed by atoms with Crippen LogP contribution in [0.2, 0.25) is 0 Å². The van der Waals surface area contributed by atoms with E-state index in [4.69, 9.17) is 14.9 Å². The van der Waals surface area contributed by atoms with E-state index in [9.17, 15) is 14.9 Å². The van der Waals surface area contributed by atoms with Crippen molar-refractivity contribution in [3.63, 3.8) is 0 Å². The summed E-state index contributed by atoms with van der Waals surface area (Å²) in [7, 11) is 0. The largest absolute Gasteiger partial charge is 0.489 e. The number of para-hydroxylation sites is 1. The zero-order chi connectivity index (χ0) is 24.4. The summed E-state index contributed by atoms with van der Waals surface area (Å²) >= 11 is 1.27. The van der Waals surface area contributed by atoms with E-state index >= 15 is 0 Å². The molecule has 0 radical (unpaired) electrons. The molecule has 12 heteroatoms. The summed E-state index contributed by atoms with van der Waals surface area (Å²) in [6.07, 6.45) is 1.59. The molecule has 2 aromatic carbocycles. The first-order chi connectivity index (χ1) is 17.0. The van der Waals surface area contributed by atoms with Crippen molar-refractivity contribution in [3.05, 3.63) is 75.3 Å². The Morgan fingerprint density at radius 1 is 1.14 bits per heavy atom. The maximum atomic E-state index is 12.6. The van der Waals surface area contributed by atoms with Crippen LogP contribution >= 0.6 is 11.8 Å². The van der Waals surface area contributed by atoms with E-state index in [1.807, 2.05) is 0 Å². The van der Waals surface area contributed by atoms with Gasteiger partial charge >= 0.3 is 0 Å². The van der Waals surface area contributed by atoms with E-state index in [-0.39, 0.29) is 23.7 Å². The number of rotatable bonds is 5. The Kier molecular flexibility index (Phi) is 6.29. The molecule has 11 nitrogen and oxygen atoms in total. The third kappa shape index (κ3) is 4.79. The number of hydrazone groups is 1. The Morgan fingerprint density at radius 2 is 1.89 bits per heavy atom. The first kappa shape index (κ1) is 22.7. The van der Waals surface area contributed by atoms with Crippen molar-refractivity contribution in [1.82, 2.24) is 9.91 Å². The Hall–Kier alpha value is -4.03. The molecule has 3 aliphatic heterocycles. The molecule has 0 bridgehead atoms. The van der Waals surface area contributed by atoms with Crippen molar-refractivity contribution >= 4 is 45.6 Å². The molecule has 5 rings (SSSR count). The highest BCUT2D eigenvalue weighted by Crippen LogP contribution is 2.30. The first-order valence-electron chi connectivity index (χ1n) is 10.8. The number of nitrogens with zero attached hydrogens (tertiary/aromatic N) is 5. The number of carbonyl (C=O) groups excluding carboxylic acids is 1. The molecule has 0 unspecified atom stereocenters. The van der Waals surface area contributed by atoms with Gasteiger partial charge in [-0.3, -0.25) is 20.3 Å². The van der Waals surface area contributed by atoms with Gasteiger partial charge in [-0.1, -0.05) is 24.3 Å². The third-order valence-electron chi connectivity index (χ3n) is 5.50. The number of nitro groups is 1. The van der Waals surface area contributed by atoms with Gasteiger partial charge in [-0.15, -0.1) is 5.10 Å². The summed E-state index contributed by atoms with van der Waals surface area (Å²) in [5.74, 6) is -0.0114. The Balaban J connectivity index is 1.28. The smallest absolute Gasteiger partial charge is 0.283 e. The van der Waals surface area contributed by atoms with Crippen molar-refractivity contribution < 1.29 is 19.2 Å². The summed E-state index contributed by atoms with van der Waals surface area (Å²) in [5.41, 5.74) is 1.29. The van der Waals surface area contributed by atoms with E-state index < -0.39 is 10.8 Å². The van der Waals surface area contributed by atoms with Crippen molar-refractivity contribution in [3.8, 4) is 5.75 Å². The van der Waals surface area contributed by atoms with Crippen LogP contribution in [0.1, 0.15) is 11.1 Å². The molecule has 1 amide bonds. The number of ether oxygens (including phenoxy) is 2. The fourth-order valence-corrected chi connectivity index (χ4v) is 4.61. The van der Waals surface area contributed by atoms with Crippen LogP contribution < -0.4 is 4.74 Å². The number of aliphatic imine (C=N–C) groups is 1. The van der Waals surface area contributed by atoms with E-state index in [1.54, 1.807) is 48.5 Å². The van der Waals surface area contributed by atoms with Gasteiger partial charge in [-0.05, 0) is 41.6 Å². The minimum absolute atomic E-state index is 0.00242. The highest BCUT2D eigenvalue weighted by Gasteiger charge is 2.37. The molecule has 2 aromatic rings. The molecule has 0 saturated carbocycles. The first-order valence-corrected chi connectivity index (χ1v) is 11.6. The number of amides is 1. The van der Waals surface area contributed by atoms with E-state index in [2.05, 4.69) is 15.0 Å². The molecular formula is C23H20N6O5S. The summed E-state index contributed by atoms with van der Waals surface area (Å²) in [4.78, 5) is 29.5. The van der Waals surface area contributed by atoms with Crippen LogP contribution in [-0.2, 0) is 16.1 Å². The lowest BCUT2D eigenvalue weighted by atomic mass is 10.1. The molecule has 1 N–H and O–H groups in total. The third-order valence-corrected chi connectivity index (χ3v) is 6.47. The lowest BCUT2D eigenvalue weighted by molar-refractivity contribution is -0.385. The SMILES string of the molecule is N=C1/C(=C\c2ccc(OCc3ccccc3[N+](=O)[O-])cc2)C(=O)N=C2SC(N3CCOCC3)=NN12. The van der Waals surface area contributed by atoms with E-state index in [0.29, 0.717) is 53.5 Å². The number of carbonyl (C=O) groups is 1. The van der Waals surface area contributed by atoms with Crippen molar-refractivity contribution in [2.24, 2.45) is 10.1 Å². The van der Waals surface area contributed by atoms with Crippen molar-refractivity contribution in [2.45, 2.75) is 6.61 Å². The maximum absolute atomic E-state index is 12.6. The highest BCUT2D eigenvalue weighted by molar-refractivity contribution is 8.26. The Morgan fingerprint density at radius 3 is 2.63 bits per heavy atom. The Bertz CT molecular complexity index is 1280. The zero-order valence-corrected chi connectivity index (χ0v) is 19.2. The molecule has 1 fully saturated rings. The van der Waals surface area contributed by atoms with Crippen LogP contribution in [0.25, 0.3) is 6.08 Å². The van der Waals surface area contributed by atoms with Crippen LogP contribution in [0.5, 0.6) is 5.75 Å². The average molecular weight is 493 g/mol. The summed E-state index contributed by atoms with van der Waals surface area (Å²) in [6.45, 7) is 2.66. The summed E-state index contributed by atoms with van der Waals surface area (Å²) < 4.78 is 11.1. The second kappa shape index (κ2) is 9.68. The molecule has 3 aliphatic rings. The normalized spacial score (nSPS) is 18.9. The van der Waals surface area contributed by atoms with Gasteiger partial charge in [0.2, 0.25) is 5.17 Å². The fourth-order valence-electron chi connectivity index (χ4n) is 3.66. The number of fused-ring (bicyclic) bond motifs is 1. The lowest BCUT2D eigenvalue weighted by Crippen LogP contribution is -2.39. The molecule has 0 aromatic heterocycles. The second-order valence-electron chi connectivity index (χ2n) is 7.75. The van der Waals surface area contributed by atoms with Crippen LogP contribution in [0.4, 0.5) is 5.69 Å². The van der Waals surface area contributed by atoms with Crippen molar-refractivity contribution in [1.29, 1.82) is 5.41 Å². The fraction of sp³-hybridized carbons (Fsp3) is 0.217. The molecule has 3 heterocycles. The number of amidine groups is 3. The van der Waals surface area contributed by atoms with Crippen LogP contribution in [0.15, 0.2) is 64.2 Å². The molecule has 0 atom stereocenters. The minimum atomic E-state index is -0.496. The second-order valence-corrected chi connectivity index (χ2v) is 8.68. The summed E-state index contributed by atoms with van der Waals surface area (Å²) in [5, 5.41) is 26.6. The standard InChI is InChI=1S/C23H20N6O5S/c24-20-18(21(30)25-22-28(20)26-23(35-22)27-9-11-33-12-10-27)13-15-5-7-17(8-6-15)34-14-16-3-1-2-4-19(16)29(31)32/h1-8,13,24H,9-12,14H2/b18-13+,24-20?. The number of thioether (sulfide) groups is 1. The lowest BCUT2D eigenvalue weighted by Gasteiger charge is -2.26. The van der Waals surface area contributed by atoms with Gasteiger partial charge in [-0.25, -0.2) is 0 Å². The zero-order valence-electron chi connectivity index (χ0n) is 18.4. The molecule has 0 aliphatic carbocycles. The van der Waals surface area contributed by atoms with Crippen LogP contribution in [0, 0.1) is 15.5 Å². The predicted molar refractivity (Wildman–Crippen MR) is 131 cm³/mol. The maximum Gasteiger partial charge on any atom is 0.283 e. The van der Waals surface area contributed by atoms with Gasteiger partial charge in [0.1, 0.15) is 12.4 Å².